The Morgan fingerprint density at radius 2 is 1.66 bits per heavy atom. The number of nitrogens with one attached hydrogen (secondary N) is 2. The molecule has 67 heavy (non-hydrogen) atoms. The van der Waals surface area contributed by atoms with Gasteiger partial charge in [-0.1, -0.05) is 30.7 Å². The number of likely N-dealkylation sites (tertiary alicyclic amines) is 1. The molecule has 0 spiro atoms. The molecule has 3 aromatic carbocycles. The molecule has 15 nitrogen and oxygen atoms in total. The van der Waals surface area contributed by atoms with Gasteiger partial charge in [0.05, 0.1) is 63.8 Å². The molecule has 2 aliphatic heterocycles. The van der Waals surface area contributed by atoms with Crippen LogP contribution >= 0.6 is 23.6 Å². The third kappa shape index (κ3) is 11.5. The summed E-state index contributed by atoms with van der Waals surface area (Å²) in [6, 6.07) is 16.3. The Bertz CT molecular complexity index is 2500. The van der Waals surface area contributed by atoms with E-state index in [1.54, 1.807) is 55.4 Å². The molecule has 2 saturated heterocycles. The Kier molecular flexibility index (Phi) is 15.9. The number of nitriles is 1. The molecule has 356 valence electrons. The smallest absolute Gasteiger partial charge is 0.417 e. The van der Waals surface area contributed by atoms with Crippen LogP contribution in [0, 0.1) is 18.3 Å². The maximum Gasteiger partial charge on any atom is 0.417 e. The number of alkyl halides is 3. The van der Waals surface area contributed by atoms with Gasteiger partial charge in [0, 0.05) is 25.3 Å². The van der Waals surface area contributed by atoms with Crippen LogP contribution in [0.15, 0.2) is 72.2 Å². The Morgan fingerprint density at radius 1 is 1.00 bits per heavy atom. The number of nitrogens with zero attached hydrogens (tertiary/aromatic N) is 5. The molecule has 2 fully saturated rings. The Labute approximate surface area is 395 Å². The predicted molar refractivity (Wildman–Crippen MR) is 249 cm³/mol. The number of amides is 4. The van der Waals surface area contributed by atoms with Crippen LogP contribution in [-0.4, -0.2) is 98.6 Å². The number of thiocarbonyl (C=S) groups is 1. The molecule has 0 bridgehead atoms. The third-order valence-corrected chi connectivity index (χ3v) is 13.1. The fraction of sp³-hybridized carbons (Fsp3) is 0.426. The van der Waals surface area contributed by atoms with E-state index in [-0.39, 0.29) is 30.4 Å². The number of thiazole rings is 1. The summed E-state index contributed by atoms with van der Waals surface area (Å²) >= 11 is 7.16. The van der Waals surface area contributed by atoms with Gasteiger partial charge in [0.2, 0.25) is 11.8 Å². The number of aliphatic hydroxyl groups excluding tert-OH is 1. The van der Waals surface area contributed by atoms with E-state index in [1.165, 1.54) is 28.4 Å². The summed E-state index contributed by atoms with van der Waals surface area (Å²) < 4.78 is 53.0. The van der Waals surface area contributed by atoms with Gasteiger partial charge in [-0.05, 0) is 120 Å². The second-order valence-corrected chi connectivity index (χ2v) is 18.2. The van der Waals surface area contributed by atoms with Crippen molar-refractivity contribution in [2.45, 2.75) is 109 Å². The zero-order valence-electron chi connectivity index (χ0n) is 37.5. The molecule has 3 heterocycles. The van der Waals surface area contributed by atoms with Gasteiger partial charge in [-0.2, -0.15) is 18.4 Å². The van der Waals surface area contributed by atoms with Gasteiger partial charge in [0.15, 0.2) is 5.11 Å². The van der Waals surface area contributed by atoms with Gasteiger partial charge in [0.1, 0.15) is 23.4 Å². The van der Waals surface area contributed by atoms with Crippen molar-refractivity contribution in [1.82, 2.24) is 20.5 Å². The Hall–Kier alpha value is -6.14. The number of β-amino-alcohol motifs (C(OH)–C–C–N with tert-alkyl or cyclic N) is 1. The van der Waals surface area contributed by atoms with E-state index in [9.17, 15) is 47.8 Å². The molecule has 4 amide bonds. The Morgan fingerprint density at radius 3 is 2.27 bits per heavy atom. The van der Waals surface area contributed by atoms with Crippen LogP contribution in [0.2, 0.25) is 0 Å². The van der Waals surface area contributed by atoms with Crippen molar-refractivity contribution in [3.63, 3.8) is 0 Å². The summed E-state index contributed by atoms with van der Waals surface area (Å²) in [5.74, 6) is -1.14. The number of carbonyl (C=O) groups is 4. The lowest BCUT2D eigenvalue weighted by Gasteiger charge is -2.31. The lowest BCUT2D eigenvalue weighted by Crippen LogP contribution is -2.57. The number of aryl methyl sites for hydroxylation is 1. The fourth-order valence-electron chi connectivity index (χ4n) is 8.16. The van der Waals surface area contributed by atoms with Gasteiger partial charge in [0.25, 0.3) is 5.91 Å². The Balaban J connectivity index is 0.947. The van der Waals surface area contributed by atoms with Crippen LogP contribution in [0.5, 0.6) is 5.75 Å². The van der Waals surface area contributed by atoms with Crippen molar-refractivity contribution in [3.8, 4) is 22.3 Å². The second-order valence-electron chi connectivity index (χ2n) is 16.9. The normalized spacial score (nSPS) is 18.4. The number of halogens is 3. The van der Waals surface area contributed by atoms with E-state index in [4.69, 9.17) is 21.7 Å². The molecule has 20 heteroatoms. The van der Waals surface area contributed by atoms with Crippen molar-refractivity contribution in [2.24, 2.45) is 0 Å². The number of unbranched alkanes of at least 4 members (excludes halogenated alkanes) is 3. The number of carboxylic acid groups (broad SMARTS) is 1. The zero-order chi connectivity index (χ0) is 48.8. The van der Waals surface area contributed by atoms with Crippen molar-refractivity contribution >= 4 is 63.9 Å². The molecule has 6 rings (SSSR count). The molecule has 0 radical (unpaired) electrons. The van der Waals surface area contributed by atoms with Crippen LogP contribution < -0.4 is 25.2 Å². The highest BCUT2D eigenvalue weighted by atomic mass is 32.1. The molecular formula is C47H52F3N7O8S2. The molecule has 5 atom stereocenters. The molecule has 2 aliphatic rings. The van der Waals surface area contributed by atoms with E-state index in [1.807, 2.05) is 38.1 Å². The first-order valence-corrected chi connectivity index (χ1v) is 22.9. The van der Waals surface area contributed by atoms with Gasteiger partial charge >= 0.3 is 12.3 Å². The fourth-order valence-corrected chi connectivity index (χ4v) is 9.49. The monoisotopic (exact) mass is 963 g/mol. The summed E-state index contributed by atoms with van der Waals surface area (Å²) in [6.07, 6.45) is -5.34. The molecule has 1 aromatic heterocycles. The molecular weight excluding hydrogens is 912 g/mol. The number of anilines is 2. The highest BCUT2D eigenvalue weighted by Crippen LogP contribution is 2.40. The van der Waals surface area contributed by atoms with Gasteiger partial charge < -0.3 is 40.1 Å². The average molecular weight is 964 g/mol. The van der Waals surface area contributed by atoms with Crippen LogP contribution in [0.3, 0.4) is 0 Å². The minimum atomic E-state index is -4.81. The lowest BCUT2D eigenvalue weighted by atomic mass is 10.0. The molecule has 0 unspecified atom stereocenters. The van der Waals surface area contributed by atoms with Gasteiger partial charge in [-0.3, -0.25) is 19.3 Å². The highest BCUT2D eigenvalue weighted by Gasteiger charge is 2.51. The predicted octanol–water partition coefficient (Wildman–Crippen LogP) is 7.75. The number of aliphatic hydroxyl groups is 1. The number of carbonyl (C=O) groups excluding carboxylic acids is 3. The minimum absolute atomic E-state index is 0.00748. The van der Waals surface area contributed by atoms with Crippen molar-refractivity contribution in [2.75, 3.05) is 29.6 Å². The van der Waals surface area contributed by atoms with E-state index in [0.29, 0.717) is 30.9 Å². The largest absolute Gasteiger partial charge is 0.494 e. The van der Waals surface area contributed by atoms with Gasteiger partial charge in [-0.25, -0.2) is 9.78 Å². The second kappa shape index (κ2) is 21.2. The van der Waals surface area contributed by atoms with Gasteiger partial charge in [-0.15, -0.1) is 11.3 Å². The average Bonchev–Trinajstić information content (AvgIpc) is 3.95. The lowest BCUT2D eigenvalue weighted by molar-refractivity contribution is -0.143. The summed E-state index contributed by atoms with van der Waals surface area (Å²) in [5.41, 5.74) is 2.00. The maximum atomic E-state index is 13.9. The SMILES string of the molecule is Cc1ncsc1-c1ccc([C@H](C)NC(=O)[C@@H]2C[C@@H](O)CN2C(=O)[C@@H](NC(=O)O)[C@@H](C)OCCCCCCOc2ccc(N3C(=S)N(c4ccc(C#N)c(C(F)(F)F)c4)C(=O)C3(C)C)cc2)cc1. The van der Waals surface area contributed by atoms with E-state index < -0.39 is 77.0 Å². The number of benzene rings is 3. The molecule has 0 saturated carbocycles. The number of ether oxygens (including phenoxy) is 2. The standard InChI is InChI=1S/C47H52F3N7O8S2/c1-27(30-10-12-31(13-11-30)40-28(2)52-26-67-40)53-41(59)38-23-35(58)25-55(38)42(60)39(54-44(62)63)29(3)64-20-8-6-7-9-21-65-36-18-16-33(17-19-36)57-45(66)56(43(61)46(57,4)5)34-15-14-32(24-51)37(22-34)47(48,49)50/h10-19,22,26-27,29,35,38-39,54,58H,6-9,20-21,23,25H2,1-5H3,(H,53,59)(H,62,63)/t27-,29+,35+,38-,39-/m0/s1. The quantitative estimate of drug-likeness (QED) is 0.0560. The number of rotatable bonds is 18. The van der Waals surface area contributed by atoms with E-state index in [2.05, 4.69) is 15.6 Å². The third-order valence-electron chi connectivity index (χ3n) is 11.8. The van der Waals surface area contributed by atoms with Crippen molar-refractivity contribution < 1.29 is 52.0 Å². The number of hydrogen-bond acceptors (Lipinski definition) is 11. The topological polar surface area (TPSA) is 198 Å². The van der Waals surface area contributed by atoms with Crippen LogP contribution in [0.25, 0.3) is 10.4 Å². The van der Waals surface area contributed by atoms with E-state index in [0.717, 1.165) is 51.6 Å². The number of aromatic nitrogens is 1. The van der Waals surface area contributed by atoms with Crippen LogP contribution in [0.1, 0.15) is 88.2 Å². The summed E-state index contributed by atoms with van der Waals surface area (Å²) in [6.45, 7) is 9.02. The van der Waals surface area contributed by atoms with Crippen molar-refractivity contribution in [3.05, 3.63) is 94.6 Å². The summed E-state index contributed by atoms with van der Waals surface area (Å²) in [5, 5.41) is 34.5. The minimum Gasteiger partial charge on any atom is -0.494 e. The zero-order valence-corrected chi connectivity index (χ0v) is 39.1. The molecule has 0 aliphatic carbocycles. The van der Waals surface area contributed by atoms with Crippen molar-refractivity contribution in [1.29, 1.82) is 5.26 Å². The molecule has 4 N–H and O–H groups in total. The van der Waals surface area contributed by atoms with E-state index >= 15 is 0 Å². The molecule has 4 aromatic rings. The first-order chi connectivity index (χ1) is 31.7. The summed E-state index contributed by atoms with van der Waals surface area (Å²) in [4.78, 5) is 61.9. The first kappa shape index (κ1) is 50.3. The summed E-state index contributed by atoms with van der Waals surface area (Å²) in [7, 11) is 0. The highest BCUT2D eigenvalue weighted by molar-refractivity contribution is 7.81. The number of hydrogen-bond donors (Lipinski definition) is 4. The first-order valence-electron chi connectivity index (χ1n) is 21.7. The van der Waals surface area contributed by atoms with Crippen LogP contribution in [-0.2, 0) is 25.3 Å². The van der Waals surface area contributed by atoms with Crippen LogP contribution in [0.4, 0.5) is 29.3 Å². The maximum absolute atomic E-state index is 13.9.